The van der Waals surface area contributed by atoms with Gasteiger partial charge in [0, 0.05) is 51.8 Å². The summed E-state index contributed by atoms with van der Waals surface area (Å²) in [6, 6.07) is 18.1. The molecule has 1 aliphatic carbocycles. The molecule has 3 heterocycles. The zero-order valence-electron chi connectivity index (χ0n) is 42.2. The summed E-state index contributed by atoms with van der Waals surface area (Å²) < 4.78 is 44.1. The lowest BCUT2D eigenvalue weighted by molar-refractivity contribution is -0.151. The Morgan fingerprint density at radius 2 is 1.44 bits per heavy atom. The highest BCUT2D eigenvalue weighted by Gasteiger charge is 2.57. The van der Waals surface area contributed by atoms with Gasteiger partial charge in [0.2, 0.25) is 0 Å². The molecule has 71 heavy (non-hydrogen) atoms. The van der Waals surface area contributed by atoms with Crippen LogP contribution in [0.15, 0.2) is 92.6 Å². The van der Waals surface area contributed by atoms with Gasteiger partial charge in [-0.2, -0.15) is 17.0 Å². The van der Waals surface area contributed by atoms with Crippen LogP contribution in [0.25, 0.3) is 11.1 Å². The largest absolute Gasteiger partial charge is 0.493 e. The number of likely N-dealkylation sites (N-methyl/N-ethyl adjacent to an activating group) is 1. The van der Waals surface area contributed by atoms with E-state index in [2.05, 4.69) is 103 Å². The van der Waals surface area contributed by atoms with Gasteiger partial charge in [-0.15, -0.1) is 0 Å². The Labute approximate surface area is 422 Å². The van der Waals surface area contributed by atoms with Crippen LogP contribution in [-0.2, 0) is 27.1 Å². The predicted molar refractivity (Wildman–Crippen MR) is 277 cm³/mol. The van der Waals surface area contributed by atoms with E-state index in [9.17, 15) is 14.9 Å². The van der Waals surface area contributed by atoms with Crippen molar-refractivity contribution in [2.45, 2.75) is 95.2 Å². The molecule has 1 unspecified atom stereocenters. The number of fused-ring (bicyclic) bond motifs is 10. The van der Waals surface area contributed by atoms with E-state index in [0.29, 0.717) is 52.9 Å². The van der Waals surface area contributed by atoms with Crippen molar-refractivity contribution >= 4 is 23.8 Å². The SMILES string of the molecule is C=CCOc1c(C)c(OC)c(OCC=C)c2c1CC1[C@H]3c4c(cc(C)c(OC)c4OCC=C)C[C@@H]([C@H](C#N)N1[C@H]2COC(=O)[C@@H](CSCC1c2ccccc2-c2ccccc21)NC(=O)OC(C)(C)C)N3C. The number of amides is 1. The van der Waals surface area contributed by atoms with Crippen molar-refractivity contribution in [3.05, 3.63) is 137 Å². The second kappa shape index (κ2) is 21.5. The van der Waals surface area contributed by atoms with Crippen molar-refractivity contribution in [1.82, 2.24) is 15.1 Å². The Kier molecular flexibility index (Phi) is 15.5. The number of esters is 1. The Bertz CT molecular complexity index is 2700. The van der Waals surface area contributed by atoms with E-state index >= 15 is 0 Å². The van der Waals surface area contributed by atoms with Gasteiger partial charge in [0.05, 0.1) is 32.4 Å². The minimum Gasteiger partial charge on any atom is -0.493 e. The molecule has 8 rings (SSSR count). The second-order valence-electron chi connectivity index (χ2n) is 19.4. The topological polar surface area (TPSA) is 141 Å². The number of alkyl carbamates (subject to hydrolysis) is 1. The van der Waals surface area contributed by atoms with Gasteiger partial charge in [0.25, 0.3) is 0 Å². The van der Waals surface area contributed by atoms with Crippen molar-refractivity contribution < 1.29 is 42.7 Å². The lowest BCUT2D eigenvalue weighted by Crippen LogP contribution is -2.68. The molecular weight excluding hydrogens is 917 g/mol. The van der Waals surface area contributed by atoms with Crippen LogP contribution >= 0.6 is 11.8 Å². The normalized spacial score (nSPS) is 20.3. The third-order valence-electron chi connectivity index (χ3n) is 14.0. The molecule has 6 atom stereocenters. The number of nitrogens with one attached hydrogen (secondary N) is 1. The molecule has 0 spiro atoms. The zero-order valence-corrected chi connectivity index (χ0v) is 43.0. The Balaban J connectivity index is 1.22. The van der Waals surface area contributed by atoms with Crippen LogP contribution in [0.3, 0.4) is 0 Å². The number of benzene rings is 4. The molecule has 2 bridgehead atoms. The smallest absolute Gasteiger partial charge is 0.408 e. The number of ether oxygens (including phenoxy) is 7. The van der Waals surface area contributed by atoms with E-state index in [-0.39, 0.29) is 50.2 Å². The minimum atomic E-state index is -1.10. The van der Waals surface area contributed by atoms with Crippen molar-refractivity contribution in [3.8, 4) is 45.9 Å². The molecule has 14 heteroatoms. The van der Waals surface area contributed by atoms with Gasteiger partial charge in [0.1, 0.15) is 49.9 Å². The van der Waals surface area contributed by atoms with Crippen molar-refractivity contribution in [2.24, 2.45) is 0 Å². The lowest BCUT2D eigenvalue weighted by atomic mass is 9.71. The first-order chi connectivity index (χ1) is 34.2. The number of nitrogens with zero attached hydrogens (tertiary/aromatic N) is 3. The molecule has 4 aromatic carbocycles. The molecule has 3 aliphatic heterocycles. The highest BCUT2D eigenvalue weighted by atomic mass is 32.2. The molecule has 4 aliphatic rings. The molecule has 0 saturated carbocycles. The number of hydrogen-bond acceptors (Lipinski definition) is 13. The summed E-state index contributed by atoms with van der Waals surface area (Å²) in [6.07, 6.45) is 5.27. The predicted octanol–water partition coefficient (Wildman–Crippen LogP) is 9.77. The van der Waals surface area contributed by atoms with Gasteiger partial charge in [-0.1, -0.05) is 92.6 Å². The number of nitriles is 1. The van der Waals surface area contributed by atoms with Crippen LogP contribution in [0, 0.1) is 25.2 Å². The van der Waals surface area contributed by atoms with Crippen LogP contribution in [0.4, 0.5) is 4.79 Å². The number of piperazine rings is 1. The summed E-state index contributed by atoms with van der Waals surface area (Å²) in [5, 5.41) is 14.3. The van der Waals surface area contributed by atoms with Crippen molar-refractivity contribution in [3.63, 3.8) is 0 Å². The molecule has 1 saturated heterocycles. The quantitative estimate of drug-likeness (QED) is 0.0705. The minimum absolute atomic E-state index is 0.0856. The third kappa shape index (κ3) is 9.72. The molecule has 1 N–H and O–H groups in total. The van der Waals surface area contributed by atoms with Crippen molar-refractivity contribution in [1.29, 1.82) is 5.26 Å². The highest BCUT2D eigenvalue weighted by molar-refractivity contribution is 7.99. The van der Waals surface area contributed by atoms with E-state index in [1.165, 1.54) is 22.3 Å². The first kappa shape index (κ1) is 51.0. The Hall–Kier alpha value is -6.40. The summed E-state index contributed by atoms with van der Waals surface area (Å²) in [4.78, 5) is 32.9. The average molecular weight is 983 g/mol. The van der Waals surface area contributed by atoms with Gasteiger partial charge in [-0.05, 0) is 87.9 Å². The fourth-order valence-electron chi connectivity index (χ4n) is 11.3. The maximum atomic E-state index is 14.9. The fraction of sp³-hybridized carbons (Fsp3) is 0.421. The molecule has 4 aromatic rings. The van der Waals surface area contributed by atoms with Crippen molar-refractivity contribution in [2.75, 3.05) is 59.2 Å². The van der Waals surface area contributed by atoms with E-state index in [1.54, 1.807) is 65.0 Å². The van der Waals surface area contributed by atoms with Gasteiger partial charge >= 0.3 is 12.1 Å². The molecule has 13 nitrogen and oxygen atoms in total. The van der Waals surface area contributed by atoms with Gasteiger partial charge in [0.15, 0.2) is 23.0 Å². The number of thioether (sulfide) groups is 1. The number of methoxy groups -OCH3 is 2. The zero-order chi connectivity index (χ0) is 50.7. The standard InChI is InChI=1S/C57H66N4O9S/c1-12-23-66-51-34(5)52(65-11)54(68-25-14-3)48-40(51)28-44-49-47-35(26-33(4)50(64-10)53(47)67-24-13-2)27-43(60(49)9)45(29-58)61(44)46(48)30-69-55(62)42(59-56(63)70-57(6,7)8)32-71-31-41-38-21-17-15-19-36(38)37-20-16-18-22-39(37)41/h12-22,26,41-46,49H,1-3,23-25,27-28,30-32H2,4-11H3,(H,59,63)/t42-,43+,44?,45+,46+,49+/m1/s1. The molecule has 1 fully saturated rings. The Morgan fingerprint density at radius 3 is 2.01 bits per heavy atom. The number of carbonyl (C=O) groups is 2. The molecule has 1 amide bonds. The maximum Gasteiger partial charge on any atom is 0.408 e. The van der Waals surface area contributed by atoms with Gasteiger partial charge < -0.3 is 38.5 Å². The summed E-state index contributed by atoms with van der Waals surface area (Å²) in [5.74, 6) is 3.03. The van der Waals surface area contributed by atoms with E-state index in [0.717, 1.165) is 27.8 Å². The number of carbonyl (C=O) groups excluding carboxylic acids is 2. The lowest BCUT2D eigenvalue weighted by Gasteiger charge is -2.60. The molecular formula is C57H66N4O9S. The monoisotopic (exact) mass is 982 g/mol. The van der Waals surface area contributed by atoms with E-state index < -0.39 is 41.8 Å². The third-order valence-corrected chi connectivity index (χ3v) is 15.1. The first-order valence-corrected chi connectivity index (χ1v) is 25.3. The number of aryl methyl sites for hydroxylation is 1. The van der Waals surface area contributed by atoms with Crippen LogP contribution in [0.2, 0.25) is 0 Å². The maximum absolute atomic E-state index is 14.9. The van der Waals surface area contributed by atoms with Gasteiger partial charge in [-0.3, -0.25) is 9.80 Å². The summed E-state index contributed by atoms with van der Waals surface area (Å²) in [5.41, 5.74) is 9.21. The number of rotatable bonds is 19. The molecule has 0 radical (unpaired) electrons. The summed E-state index contributed by atoms with van der Waals surface area (Å²) in [7, 11) is 5.29. The highest BCUT2D eigenvalue weighted by Crippen LogP contribution is 2.58. The van der Waals surface area contributed by atoms with Crippen LogP contribution in [0.5, 0.6) is 28.7 Å². The second-order valence-corrected chi connectivity index (χ2v) is 20.5. The van der Waals surface area contributed by atoms with Crippen LogP contribution < -0.4 is 29.0 Å². The van der Waals surface area contributed by atoms with E-state index in [1.807, 2.05) is 13.8 Å². The summed E-state index contributed by atoms with van der Waals surface area (Å²) in [6.45, 7) is 21.5. The molecule has 0 aromatic heterocycles. The van der Waals surface area contributed by atoms with Crippen LogP contribution in [0.1, 0.15) is 83.3 Å². The van der Waals surface area contributed by atoms with Gasteiger partial charge in [-0.25, -0.2) is 9.59 Å². The first-order valence-electron chi connectivity index (χ1n) is 24.2. The number of hydrogen-bond donors (Lipinski definition) is 1. The summed E-state index contributed by atoms with van der Waals surface area (Å²) >= 11 is 1.56. The Morgan fingerprint density at radius 1 is 0.845 bits per heavy atom. The van der Waals surface area contributed by atoms with E-state index in [4.69, 9.17) is 33.2 Å². The molecule has 374 valence electrons. The van der Waals surface area contributed by atoms with Crippen LogP contribution in [-0.4, -0.2) is 111 Å². The average Bonchev–Trinajstić information content (AvgIpc) is 3.66. The fourth-order valence-corrected chi connectivity index (χ4v) is 12.5.